The quantitative estimate of drug-likeness (QED) is 0.820. The summed E-state index contributed by atoms with van der Waals surface area (Å²) in [5.41, 5.74) is 0.655. The Labute approximate surface area is 103 Å². The fourth-order valence-electron chi connectivity index (χ4n) is 1.70. The zero-order valence-corrected chi connectivity index (χ0v) is 11.3. The fourth-order valence-corrected chi connectivity index (χ4v) is 2.59. The van der Waals surface area contributed by atoms with Crippen molar-refractivity contribution < 1.29 is 8.42 Å². The molecule has 0 aliphatic heterocycles. The van der Waals surface area contributed by atoms with Gasteiger partial charge in [0.15, 0.2) is 0 Å². The Balaban J connectivity index is 3.01. The predicted octanol–water partition coefficient (Wildman–Crippen LogP) is 2.20. The van der Waals surface area contributed by atoms with Crippen molar-refractivity contribution in [1.82, 2.24) is 4.72 Å². The molecule has 1 rings (SSSR count). The fraction of sp³-hybridized carbons (Fsp3) is 0.500. The maximum absolute atomic E-state index is 11.8. The standard InChI is InChI=1S/C12H20N2O2S/c1-4-7-10(2)14-11-8-5-6-9-12(11)17(15,16)13-3/h5-6,8-10,13-14H,4,7H2,1-3H3. The first-order valence-corrected chi connectivity index (χ1v) is 7.28. The Morgan fingerprint density at radius 1 is 1.29 bits per heavy atom. The minimum Gasteiger partial charge on any atom is -0.381 e. The van der Waals surface area contributed by atoms with Crippen LogP contribution < -0.4 is 10.0 Å². The van der Waals surface area contributed by atoms with Gasteiger partial charge in [0.25, 0.3) is 0 Å². The van der Waals surface area contributed by atoms with E-state index in [0.29, 0.717) is 10.6 Å². The molecule has 0 aliphatic carbocycles. The third-order valence-corrected chi connectivity index (χ3v) is 4.04. The molecule has 1 aromatic carbocycles. The van der Waals surface area contributed by atoms with Gasteiger partial charge in [0, 0.05) is 6.04 Å². The molecule has 17 heavy (non-hydrogen) atoms. The second-order valence-corrected chi connectivity index (χ2v) is 5.89. The Kier molecular flexibility index (Phi) is 4.96. The number of sulfonamides is 1. The van der Waals surface area contributed by atoms with Crippen LogP contribution >= 0.6 is 0 Å². The first-order valence-electron chi connectivity index (χ1n) is 5.80. The van der Waals surface area contributed by atoms with Crippen molar-refractivity contribution >= 4 is 15.7 Å². The summed E-state index contributed by atoms with van der Waals surface area (Å²) in [5.74, 6) is 0. The monoisotopic (exact) mass is 256 g/mol. The average molecular weight is 256 g/mol. The molecular formula is C12H20N2O2S. The highest BCUT2D eigenvalue weighted by Crippen LogP contribution is 2.21. The van der Waals surface area contributed by atoms with E-state index < -0.39 is 10.0 Å². The molecule has 0 amide bonds. The second kappa shape index (κ2) is 6.02. The molecule has 0 saturated carbocycles. The van der Waals surface area contributed by atoms with E-state index in [4.69, 9.17) is 0 Å². The molecule has 0 saturated heterocycles. The molecule has 0 aliphatic rings. The van der Waals surface area contributed by atoms with E-state index in [1.165, 1.54) is 7.05 Å². The van der Waals surface area contributed by atoms with Gasteiger partial charge in [-0.15, -0.1) is 0 Å². The Morgan fingerprint density at radius 3 is 2.53 bits per heavy atom. The van der Waals surface area contributed by atoms with Gasteiger partial charge < -0.3 is 5.32 Å². The molecule has 4 nitrogen and oxygen atoms in total. The summed E-state index contributed by atoms with van der Waals surface area (Å²) in [4.78, 5) is 0.297. The topological polar surface area (TPSA) is 58.2 Å². The van der Waals surface area contributed by atoms with Crippen molar-refractivity contribution in [2.75, 3.05) is 12.4 Å². The maximum atomic E-state index is 11.8. The van der Waals surface area contributed by atoms with Gasteiger partial charge in [-0.25, -0.2) is 13.1 Å². The van der Waals surface area contributed by atoms with E-state index in [0.717, 1.165) is 12.8 Å². The van der Waals surface area contributed by atoms with E-state index in [1.807, 2.05) is 13.0 Å². The van der Waals surface area contributed by atoms with Crippen molar-refractivity contribution in [1.29, 1.82) is 0 Å². The molecule has 5 heteroatoms. The van der Waals surface area contributed by atoms with Gasteiger partial charge in [-0.3, -0.25) is 0 Å². The number of nitrogens with one attached hydrogen (secondary N) is 2. The van der Waals surface area contributed by atoms with Crippen molar-refractivity contribution in [2.45, 2.75) is 37.6 Å². The van der Waals surface area contributed by atoms with Crippen molar-refractivity contribution in [3.8, 4) is 0 Å². The summed E-state index contributed by atoms with van der Waals surface area (Å²) in [7, 11) is -1.98. The van der Waals surface area contributed by atoms with Gasteiger partial charge in [0.2, 0.25) is 10.0 Å². The summed E-state index contributed by atoms with van der Waals surface area (Å²) in [6.07, 6.45) is 2.07. The largest absolute Gasteiger partial charge is 0.381 e. The van der Waals surface area contributed by atoms with Crippen LogP contribution in [0.4, 0.5) is 5.69 Å². The third kappa shape index (κ3) is 3.71. The number of rotatable bonds is 6. The highest BCUT2D eigenvalue weighted by Gasteiger charge is 2.16. The molecule has 0 bridgehead atoms. The molecule has 0 radical (unpaired) electrons. The van der Waals surface area contributed by atoms with E-state index in [-0.39, 0.29) is 6.04 Å². The molecule has 1 aromatic rings. The van der Waals surface area contributed by atoms with E-state index in [2.05, 4.69) is 17.0 Å². The third-order valence-electron chi connectivity index (χ3n) is 2.57. The smallest absolute Gasteiger partial charge is 0.242 e. The first-order chi connectivity index (χ1) is 8.01. The summed E-state index contributed by atoms with van der Waals surface area (Å²) in [6.45, 7) is 4.15. The zero-order chi connectivity index (χ0) is 12.9. The molecular weight excluding hydrogens is 236 g/mol. The lowest BCUT2D eigenvalue weighted by molar-refractivity contribution is 0.588. The summed E-state index contributed by atoms with van der Waals surface area (Å²) in [5, 5.41) is 3.23. The van der Waals surface area contributed by atoms with Gasteiger partial charge in [-0.2, -0.15) is 0 Å². The van der Waals surface area contributed by atoms with Gasteiger partial charge in [-0.05, 0) is 32.5 Å². The maximum Gasteiger partial charge on any atom is 0.242 e. The summed E-state index contributed by atoms with van der Waals surface area (Å²) < 4.78 is 26.0. The lowest BCUT2D eigenvalue weighted by Gasteiger charge is -2.17. The van der Waals surface area contributed by atoms with E-state index in [9.17, 15) is 8.42 Å². The molecule has 1 unspecified atom stereocenters. The van der Waals surface area contributed by atoms with Crippen LogP contribution in [0.2, 0.25) is 0 Å². The van der Waals surface area contributed by atoms with Crippen molar-refractivity contribution in [2.24, 2.45) is 0 Å². The first kappa shape index (κ1) is 14.0. The minimum atomic E-state index is -3.40. The average Bonchev–Trinajstić information content (AvgIpc) is 2.30. The Bertz CT molecular complexity index is 457. The normalized spacial score (nSPS) is 13.4. The minimum absolute atomic E-state index is 0.258. The Hall–Kier alpha value is -1.07. The van der Waals surface area contributed by atoms with Crippen molar-refractivity contribution in [3.05, 3.63) is 24.3 Å². The molecule has 96 valence electrons. The molecule has 0 spiro atoms. The number of benzene rings is 1. The molecule has 2 N–H and O–H groups in total. The van der Waals surface area contributed by atoms with Crippen LogP contribution in [0.3, 0.4) is 0 Å². The van der Waals surface area contributed by atoms with Crippen LogP contribution in [0.5, 0.6) is 0 Å². The number of para-hydroxylation sites is 1. The van der Waals surface area contributed by atoms with Gasteiger partial charge in [0.1, 0.15) is 4.90 Å². The lowest BCUT2D eigenvalue weighted by Crippen LogP contribution is -2.22. The molecule has 0 fully saturated rings. The highest BCUT2D eigenvalue weighted by molar-refractivity contribution is 7.89. The second-order valence-electron chi connectivity index (χ2n) is 4.04. The van der Waals surface area contributed by atoms with Crippen molar-refractivity contribution in [3.63, 3.8) is 0 Å². The van der Waals surface area contributed by atoms with Crippen LogP contribution in [-0.2, 0) is 10.0 Å². The van der Waals surface area contributed by atoms with Crippen LogP contribution in [0, 0.1) is 0 Å². The van der Waals surface area contributed by atoms with Crippen LogP contribution in [0.15, 0.2) is 29.2 Å². The Morgan fingerprint density at radius 2 is 1.94 bits per heavy atom. The SMILES string of the molecule is CCCC(C)Nc1ccccc1S(=O)(=O)NC. The molecule has 1 atom stereocenters. The number of hydrogen-bond acceptors (Lipinski definition) is 3. The predicted molar refractivity (Wildman–Crippen MR) is 70.7 cm³/mol. The van der Waals surface area contributed by atoms with Gasteiger partial charge in [0.05, 0.1) is 5.69 Å². The lowest BCUT2D eigenvalue weighted by atomic mass is 10.2. The molecule has 0 heterocycles. The highest BCUT2D eigenvalue weighted by atomic mass is 32.2. The van der Waals surface area contributed by atoms with E-state index >= 15 is 0 Å². The zero-order valence-electron chi connectivity index (χ0n) is 10.5. The van der Waals surface area contributed by atoms with Crippen LogP contribution in [0.1, 0.15) is 26.7 Å². The summed E-state index contributed by atoms with van der Waals surface area (Å²) in [6, 6.07) is 7.20. The van der Waals surface area contributed by atoms with Crippen LogP contribution in [-0.4, -0.2) is 21.5 Å². The van der Waals surface area contributed by atoms with Crippen LogP contribution in [0.25, 0.3) is 0 Å². The van der Waals surface area contributed by atoms with Gasteiger partial charge >= 0.3 is 0 Å². The number of hydrogen-bond donors (Lipinski definition) is 2. The van der Waals surface area contributed by atoms with Gasteiger partial charge in [-0.1, -0.05) is 25.5 Å². The number of anilines is 1. The summed E-state index contributed by atoms with van der Waals surface area (Å²) >= 11 is 0. The molecule has 0 aromatic heterocycles. The van der Waals surface area contributed by atoms with E-state index in [1.54, 1.807) is 18.2 Å².